The molecule has 0 aliphatic rings. The number of rotatable bonds is 19. The second-order valence-corrected chi connectivity index (χ2v) is 15.0. The van der Waals surface area contributed by atoms with E-state index in [2.05, 4.69) is 26.6 Å². The summed E-state index contributed by atoms with van der Waals surface area (Å²) in [5, 5.41) is 37.4. The molecule has 0 fully saturated rings. The van der Waals surface area contributed by atoms with Crippen LogP contribution in [0.25, 0.3) is 0 Å². The van der Waals surface area contributed by atoms with Crippen molar-refractivity contribution in [3.05, 3.63) is 132 Å². The van der Waals surface area contributed by atoms with Crippen LogP contribution >= 0.6 is 0 Å². The Hall–Kier alpha value is -6.25. The molecular formula is C45H55N5O9. The van der Waals surface area contributed by atoms with Crippen molar-refractivity contribution in [3.63, 3.8) is 0 Å². The molecule has 4 rings (SSSR count). The van der Waals surface area contributed by atoms with E-state index in [-0.39, 0.29) is 24.3 Å². The van der Waals surface area contributed by atoms with Crippen LogP contribution in [0.2, 0.25) is 0 Å². The van der Waals surface area contributed by atoms with Gasteiger partial charge in [-0.15, -0.1) is 0 Å². The molecule has 59 heavy (non-hydrogen) atoms. The molecule has 0 aliphatic heterocycles. The van der Waals surface area contributed by atoms with Crippen LogP contribution in [-0.4, -0.2) is 82.5 Å². The van der Waals surface area contributed by atoms with E-state index in [1.165, 1.54) is 6.92 Å². The maximum Gasteiger partial charge on any atom is 0.413 e. The average Bonchev–Trinajstić information content (AvgIpc) is 3.21. The van der Waals surface area contributed by atoms with Crippen molar-refractivity contribution < 1.29 is 43.7 Å². The van der Waals surface area contributed by atoms with E-state index in [4.69, 9.17) is 9.47 Å². The maximum atomic E-state index is 14.0. The Labute approximate surface area is 345 Å². The number of carbonyl (C=O) groups is 5. The predicted molar refractivity (Wildman–Crippen MR) is 222 cm³/mol. The summed E-state index contributed by atoms with van der Waals surface area (Å²) in [6, 6.07) is 29.3. The van der Waals surface area contributed by atoms with Gasteiger partial charge >= 0.3 is 12.2 Å². The number of hydrogen-bond donors (Lipinski definition) is 7. The molecule has 5 amide bonds. The molecule has 7 unspecified atom stereocenters. The zero-order valence-corrected chi connectivity index (χ0v) is 33.9. The first-order chi connectivity index (χ1) is 28.2. The van der Waals surface area contributed by atoms with Crippen LogP contribution in [0.1, 0.15) is 45.7 Å². The SMILES string of the molecule is CC(NC(=O)Oc1ccccc1)C(=O)NC(C(=O)NC(Cc1ccccc1)C(O)C(O)C(Cc1ccccc1)NC(=O)C(NC(=O)Oc1ccccc1)C(C)C)C(C)C. The number of para-hydroxylation sites is 2. The Morgan fingerprint density at radius 2 is 0.797 bits per heavy atom. The Bertz CT molecular complexity index is 1930. The fraction of sp³-hybridized carbons (Fsp3) is 0.356. The number of carbonyl (C=O) groups excluding carboxylic acids is 5. The highest BCUT2D eigenvalue weighted by molar-refractivity contribution is 5.91. The predicted octanol–water partition coefficient (Wildman–Crippen LogP) is 4.29. The summed E-state index contributed by atoms with van der Waals surface area (Å²) in [4.78, 5) is 66.5. The van der Waals surface area contributed by atoms with Crippen molar-refractivity contribution in [2.75, 3.05) is 0 Å². The topological polar surface area (TPSA) is 204 Å². The van der Waals surface area contributed by atoms with Crippen molar-refractivity contribution in [1.82, 2.24) is 26.6 Å². The Kier molecular flexibility index (Phi) is 17.4. The van der Waals surface area contributed by atoms with E-state index in [1.54, 1.807) is 125 Å². The highest BCUT2D eigenvalue weighted by atomic mass is 16.6. The number of hydrogen-bond acceptors (Lipinski definition) is 9. The summed E-state index contributed by atoms with van der Waals surface area (Å²) in [5.41, 5.74) is 1.47. The van der Waals surface area contributed by atoms with E-state index in [0.29, 0.717) is 0 Å². The van der Waals surface area contributed by atoms with E-state index >= 15 is 0 Å². The summed E-state index contributed by atoms with van der Waals surface area (Å²) in [6.07, 6.45) is -4.86. The summed E-state index contributed by atoms with van der Waals surface area (Å²) in [6.45, 7) is 8.38. The molecule has 7 atom stereocenters. The van der Waals surface area contributed by atoms with Crippen LogP contribution in [0.4, 0.5) is 9.59 Å². The van der Waals surface area contributed by atoms with Gasteiger partial charge in [0.1, 0.15) is 41.8 Å². The van der Waals surface area contributed by atoms with E-state index in [0.717, 1.165) is 11.1 Å². The third kappa shape index (κ3) is 14.6. The molecule has 0 aromatic heterocycles. The fourth-order valence-corrected chi connectivity index (χ4v) is 6.24. The van der Waals surface area contributed by atoms with Gasteiger partial charge in [0.05, 0.1) is 12.1 Å². The molecule has 14 nitrogen and oxygen atoms in total. The van der Waals surface area contributed by atoms with Crippen LogP contribution in [0, 0.1) is 11.8 Å². The zero-order chi connectivity index (χ0) is 42.9. The minimum absolute atomic E-state index is 0.0698. The van der Waals surface area contributed by atoms with Crippen LogP contribution in [-0.2, 0) is 27.2 Å². The number of nitrogens with one attached hydrogen (secondary N) is 5. The highest BCUT2D eigenvalue weighted by Gasteiger charge is 2.38. The first-order valence-corrected chi connectivity index (χ1v) is 19.6. The standard InChI is InChI=1S/C45H55N5O9/c1-28(2)37(49-41(53)30(5)46-44(56)58-33-22-14-8-15-23-33)42(54)47-35(26-31-18-10-6-11-19-31)39(51)40(52)36(27-32-20-12-7-13-21-32)48-43(55)38(29(3)4)50-45(57)59-34-24-16-9-17-25-34/h6-25,28-30,35-40,51-52H,26-27H2,1-5H3,(H,46,56)(H,47,54)(H,48,55)(H,49,53)(H,50,57). The van der Waals surface area contributed by atoms with E-state index in [1.807, 2.05) is 24.3 Å². The molecule has 0 radical (unpaired) electrons. The fourth-order valence-electron chi connectivity index (χ4n) is 6.24. The first kappa shape index (κ1) is 45.5. The van der Waals surface area contributed by atoms with Gasteiger partial charge in [0.25, 0.3) is 0 Å². The third-order valence-corrected chi connectivity index (χ3v) is 9.53. The molecule has 4 aromatic rings. The Morgan fingerprint density at radius 3 is 1.17 bits per heavy atom. The van der Waals surface area contributed by atoms with E-state index < -0.39 is 84.2 Å². The van der Waals surface area contributed by atoms with Crippen molar-refractivity contribution in [2.24, 2.45) is 11.8 Å². The van der Waals surface area contributed by atoms with Gasteiger partial charge in [-0.3, -0.25) is 14.4 Å². The number of benzene rings is 4. The summed E-state index contributed by atoms with van der Waals surface area (Å²) in [5.74, 6) is -2.21. The largest absolute Gasteiger partial charge is 0.413 e. The Balaban J connectivity index is 1.53. The van der Waals surface area contributed by atoms with Crippen molar-refractivity contribution >= 4 is 29.9 Å². The van der Waals surface area contributed by atoms with Crippen LogP contribution < -0.4 is 36.1 Å². The number of ether oxygens (including phenoxy) is 2. The van der Waals surface area contributed by atoms with Crippen molar-refractivity contribution in [2.45, 2.75) is 89.9 Å². The first-order valence-electron chi connectivity index (χ1n) is 19.6. The second kappa shape index (κ2) is 22.6. The lowest BCUT2D eigenvalue weighted by Gasteiger charge is -2.35. The lowest BCUT2D eigenvalue weighted by Crippen LogP contribution is -2.62. The molecule has 0 heterocycles. The minimum Gasteiger partial charge on any atom is -0.410 e. The van der Waals surface area contributed by atoms with Crippen molar-refractivity contribution in [1.29, 1.82) is 0 Å². The molecule has 0 saturated heterocycles. The van der Waals surface area contributed by atoms with Gasteiger partial charge in [-0.25, -0.2) is 9.59 Å². The molecular weight excluding hydrogens is 755 g/mol. The van der Waals surface area contributed by atoms with Gasteiger partial charge in [0.2, 0.25) is 17.7 Å². The number of aliphatic hydroxyl groups is 2. The zero-order valence-electron chi connectivity index (χ0n) is 33.9. The van der Waals surface area contributed by atoms with Gasteiger partial charge in [-0.05, 0) is 67.0 Å². The lowest BCUT2D eigenvalue weighted by atomic mass is 9.90. The quantitative estimate of drug-likeness (QED) is 0.0721. The molecule has 14 heteroatoms. The summed E-state index contributed by atoms with van der Waals surface area (Å²) >= 11 is 0. The van der Waals surface area contributed by atoms with Gasteiger partial charge in [0.15, 0.2) is 0 Å². The average molecular weight is 810 g/mol. The van der Waals surface area contributed by atoms with Crippen LogP contribution in [0.3, 0.4) is 0 Å². The maximum absolute atomic E-state index is 14.0. The normalized spacial score (nSPS) is 14.7. The van der Waals surface area contributed by atoms with Gasteiger partial charge in [-0.2, -0.15) is 0 Å². The van der Waals surface area contributed by atoms with Gasteiger partial charge in [0, 0.05) is 0 Å². The molecule has 314 valence electrons. The molecule has 0 spiro atoms. The van der Waals surface area contributed by atoms with Crippen LogP contribution in [0.15, 0.2) is 121 Å². The number of aliphatic hydroxyl groups excluding tert-OH is 2. The second-order valence-electron chi connectivity index (χ2n) is 15.0. The van der Waals surface area contributed by atoms with Gasteiger partial charge < -0.3 is 46.3 Å². The Morgan fingerprint density at radius 1 is 0.458 bits per heavy atom. The van der Waals surface area contributed by atoms with E-state index in [9.17, 15) is 34.2 Å². The van der Waals surface area contributed by atoms with Crippen molar-refractivity contribution in [3.8, 4) is 11.5 Å². The van der Waals surface area contributed by atoms with Gasteiger partial charge in [-0.1, -0.05) is 125 Å². The third-order valence-electron chi connectivity index (χ3n) is 9.53. The molecule has 7 N–H and O–H groups in total. The smallest absolute Gasteiger partial charge is 0.410 e. The molecule has 0 saturated carbocycles. The van der Waals surface area contributed by atoms with Crippen LogP contribution in [0.5, 0.6) is 11.5 Å². The molecule has 0 bridgehead atoms. The highest BCUT2D eigenvalue weighted by Crippen LogP contribution is 2.17. The monoisotopic (exact) mass is 809 g/mol. The number of amides is 5. The summed E-state index contributed by atoms with van der Waals surface area (Å²) < 4.78 is 10.6. The molecule has 4 aromatic carbocycles. The lowest BCUT2D eigenvalue weighted by molar-refractivity contribution is -0.132. The minimum atomic E-state index is -1.65. The summed E-state index contributed by atoms with van der Waals surface area (Å²) in [7, 11) is 0. The molecule has 0 aliphatic carbocycles.